The first-order chi connectivity index (χ1) is 16.2. The molecule has 4 saturated carbocycles. The van der Waals surface area contributed by atoms with Gasteiger partial charge >= 0.3 is 6.03 Å². The molecule has 5 fully saturated rings. The summed E-state index contributed by atoms with van der Waals surface area (Å²) in [6.07, 6.45) is 8.65. The lowest BCUT2D eigenvalue weighted by Crippen LogP contribution is -2.60. The van der Waals surface area contributed by atoms with Gasteiger partial charge in [-0.3, -0.25) is 0 Å². The van der Waals surface area contributed by atoms with Crippen LogP contribution in [-0.2, 0) is 5.60 Å². The fourth-order valence-electron chi connectivity index (χ4n) is 8.26. The second-order valence-electron chi connectivity index (χ2n) is 12.3. The number of piperidine rings is 1. The zero-order chi connectivity index (χ0) is 24.1. The van der Waals surface area contributed by atoms with Gasteiger partial charge in [-0.05, 0) is 107 Å². The molecule has 3 atom stereocenters. The number of benzene rings is 1. The topological polar surface area (TPSA) is 65.0 Å². The van der Waals surface area contributed by atoms with Crippen LogP contribution in [0.3, 0.4) is 0 Å². The van der Waals surface area contributed by atoms with Gasteiger partial charge in [0, 0.05) is 31.6 Å². The van der Waals surface area contributed by atoms with E-state index >= 15 is 0 Å². The molecule has 196 valence electrons. The molecular weight excluding hydrogens is 462 g/mol. The Labute approximate surface area is 217 Å². The van der Waals surface area contributed by atoms with Crippen molar-refractivity contribution in [1.82, 2.24) is 15.1 Å². The summed E-state index contributed by atoms with van der Waals surface area (Å²) in [4.78, 5) is 17.5. The number of carbonyl (C=O) groups is 1. The minimum atomic E-state index is -0.985. The van der Waals surface area contributed by atoms with Gasteiger partial charge in [-0.2, -0.15) is 0 Å². The van der Waals surface area contributed by atoms with Crippen molar-refractivity contribution < 1.29 is 14.6 Å². The summed E-state index contributed by atoms with van der Waals surface area (Å²) >= 11 is 0. The average Bonchev–Trinajstić information content (AvgIpc) is 2.79. The van der Waals surface area contributed by atoms with Crippen molar-refractivity contribution >= 4 is 18.4 Å². The molecule has 1 aromatic carbocycles. The molecule has 5 aliphatic rings. The van der Waals surface area contributed by atoms with Crippen LogP contribution < -0.4 is 10.1 Å². The molecule has 4 aliphatic carbocycles. The van der Waals surface area contributed by atoms with Gasteiger partial charge in [-0.15, -0.1) is 12.4 Å². The van der Waals surface area contributed by atoms with E-state index in [0.29, 0.717) is 31.5 Å². The molecule has 35 heavy (non-hydrogen) atoms. The number of ether oxygens (including phenoxy) is 1. The third-order valence-corrected chi connectivity index (χ3v) is 9.67. The molecule has 7 heteroatoms. The third kappa shape index (κ3) is 5.03. The Morgan fingerprint density at radius 3 is 2.40 bits per heavy atom. The first kappa shape index (κ1) is 26.6. The first-order valence-electron chi connectivity index (χ1n) is 13.3. The van der Waals surface area contributed by atoms with Crippen molar-refractivity contribution in [2.45, 2.75) is 63.5 Å². The Morgan fingerprint density at radius 2 is 1.83 bits per heavy atom. The minimum absolute atomic E-state index is 0. The summed E-state index contributed by atoms with van der Waals surface area (Å²) in [5, 5.41) is 15.3. The van der Waals surface area contributed by atoms with Gasteiger partial charge in [0.05, 0.1) is 12.7 Å². The molecular formula is C28H44ClN3O3. The summed E-state index contributed by atoms with van der Waals surface area (Å²) in [6, 6.07) is 8.01. The number of aliphatic hydroxyl groups is 1. The van der Waals surface area contributed by atoms with Crippen molar-refractivity contribution in [2.75, 3.05) is 40.8 Å². The number of methoxy groups -OCH3 is 1. The van der Waals surface area contributed by atoms with Crippen LogP contribution in [0.5, 0.6) is 5.75 Å². The maximum Gasteiger partial charge on any atom is 0.317 e. The first-order valence-corrected chi connectivity index (χ1v) is 13.3. The van der Waals surface area contributed by atoms with Gasteiger partial charge in [0.15, 0.2) is 0 Å². The van der Waals surface area contributed by atoms with Crippen molar-refractivity contribution in [3.05, 3.63) is 29.8 Å². The van der Waals surface area contributed by atoms with Crippen molar-refractivity contribution in [2.24, 2.45) is 29.1 Å². The predicted molar refractivity (Wildman–Crippen MR) is 141 cm³/mol. The SMILES string of the molecule is COc1cccc(C2(O)CCN(C(=O)NC(C)C34CC5CC(CC(C5)C3)C4)CC2CN(C)C)c1.Cl. The number of nitrogens with one attached hydrogen (secondary N) is 1. The van der Waals surface area contributed by atoms with Crippen LogP contribution in [0.1, 0.15) is 57.4 Å². The Bertz CT molecular complexity index is 874. The second-order valence-corrected chi connectivity index (χ2v) is 12.3. The van der Waals surface area contributed by atoms with E-state index in [2.05, 4.69) is 17.1 Å². The fraction of sp³-hybridized carbons (Fsp3) is 0.750. The van der Waals surface area contributed by atoms with Crippen LogP contribution in [0, 0.1) is 29.1 Å². The molecule has 1 heterocycles. The Morgan fingerprint density at radius 1 is 1.20 bits per heavy atom. The van der Waals surface area contributed by atoms with E-state index in [-0.39, 0.29) is 30.4 Å². The largest absolute Gasteiger partial charge is 0.497 e. The van der Waals surface area contributed by atoms with Crippen LogP contribution in [0.4, 0.5) is 4.79 Å². The number of urea groups is 1. The highest BCUT2D eigenvalue weighted by atomic mass is 35.5. The van der Waals surface area contributed by atoms with Gasteiger partial charge in [-0.1, -0.05) is 12.1 Å². The van der Waals surface area contributed by atoms with E-state index in [1.54, 1.807) is 7.11 Å². The molecule has 6 rings (SSSR count). The smallest absolute Gasteiger partial charge is 0.317 e. The number of nitrogens with zero attached hydrogens (tertiary/aromatic N) is 2. The molecule has 0 aromatic heterocycles. The van der Waals surface area contributed by atoms with Crippen LogP contribution in [0.25, 0.3) is 0 Å². The maximum absolute atomic E-state index is 13.5. The molecule has 6 nitrogen and oxygen atoms in total. The standard InChI is InChI=1S/C28H43N3O3.ClH/c1-19(27-14-20-10-21(15-27)12-22(11-20)16-27)29-26(32)31-9-8-28(33,24(18-31)17-30(2)3)23-6-5-7-25(13-23)34-4;/h5-7,13,19-22,24,33H,8-12,14-18H2,1-4H3,(H,29,32);1H. The predicted octanol–water partition coefficient (Wildman–Crippen LogP) is 4.50. The summed E-state index contributed by atoms with van der Waals surface area (Å²) < 4.78 is 5.41. The zero-order valence-electron chi connectivity index (χ0n) is 21.8. The van der Waals surface area contributed by atoms with E-state index < -0.39 is 5.60 Å². The molecule has 1 aromatic rings. The Balaban J connectivity index is 0.00000289. The number of rotatable bonds is 6. The van der Waals surface area contributed by atoms with Gasteiger partial charge < -0.3 is 25.0 Å². The monoisotopic (exact) mass is 505 g/mol. The number of hydrogen-bond acceptors (Lipinski definition) is 4. The molecule has 0 radical (unpaired) electrons. The van der Waals surface area contributed by atoms with Crippen molar-refractivity contribution in [1.29, 1.82) is 0 Å². The van der Waals surface area contributed by atoms with Crippen molar-refractivity contribution in [3.63, 3.8) is 0 Å². The highest BCUT2D eigenvalue weighted by Crippen LogP contribution is 2.61. The normalized spacial score (nSPS) is 36.6. The number of halogens is 1. The Hall–Kier alpha value is -1.50. The number of amides is 2. The molecule has 3 unspecified atom stereocenters. The quantitative estimate of drug-likeness (QED) is 0.597. The summed E-state index contributed by atoms with van der Waals surface area (Å²) in [7, 11) is 5.71. The van der Waals surface area contributed by atoms with Crippen LogP contribution in [0.15, 0.2) is 24.3 Å². The van der Waals surface area contributed by atoms with Gasteiger partial charge in [0.1, 0.15) is 5.75 Å². The highest BCUT2D eigenvalue weighted by Gasteiger charge is 2.53. The van der Waals surface area contributed by atoms with E-state index in [0.717, 1.165) is 29.1 Å². The number of carbonyl (C=O) groups excluding carboxylic acids is 1. The van der Waals surface area contributed by atoms with E-state index in [4.69, 9.17) is 4.74 Å². The van der Waals surface area contributed by atoms with E-state index in [9.17, 15) is 9.90 Å². The van der Waals surface area contributed by atoms with Crippen LogP contribution in [-0.4, -0.2) is 67.8 Å². The van der Waals surface area contributed by atoms with E-state index in [1.165, 1.54) is 38.5 Å². The average molecular weight is 506 g/mol. The minimum Gasteiger partial charge on any atom is -0.497 e. The number of likely N-dealkylation sites (tertiary alicyclic amines) is 1. The molecule has 2 N–H and O–H groups in total. The summed E-state index contributed by atoms with van der Waals surface area (Å²) in [6.45, 7) is 4.06. The molecule has 1 saturated heterocycles. The van der Waals surface area contributed by atoms with Gasteiger partial charge in [-0.25, -0.2) is 4.79 Å². The summed E-state index contributed by atoms with van der Waals surface area (Å²) in [5.74, 6) is 3.30. The van der Waals surface area contributed by atoms with Crippen molar-refractivity contribution in [3.8, 4) is 5.75 Å². The third-order valence-electron chi connectivity index (χ3n) is 9.67. The molecule has 0 spiro atoms. The zero-order valence-corrected chi connectivity index (χ0v) is 22.7. The highest BCUT2D eigenvalue weighted by molar-refractivity contribution is 5.85. The lowest BCUT2D eigenvalue weighted by Gasteiger charge is -2.59. The maximum atomic E-state index is 13.5. The Kier molecular flexibility index (Phi) is 7.67. The van der Waals surface area contributed by atoms with Gasteiger partial charge in [0.25, 0.3) is 0 Å². The lowest BCUT2D eigenvalue weighted by molar-refractivity contribution is -0.0800. The van der Waals surface area contributed by atoms with Crippen LogP contribution in [0.2, 0.25) is 0 Å². The molecule has 2 amide bonds. The lowest BCUT2D eigenvalue weighted by atomic mass is 9.48. The van der Waals surface area contributed by atoms with E-state index in [1.807, 2.05) is 43.3 Å². The van der Waals surface area contributed by atoms with Gasteiger partial charge in [0.2, 0.25) is 0 Å². The molecule has 1 aliphatic heterocycles. The number of hydrogen-bond donors (Lipinski definition) is 2. The summed E-state index contributed by atoms with van der Waals surface area (Å²) in [5.41, 5.74) is 0.187. The second kappa shape index (κ2) is 10.1. The fourth-order valence-corrected chi connectivity index (χ4v) is 8.26. The molecule has 4 bridgehead atoms. The van der Waals surface area contributed by atoms with Crippen LogP contribution >= 0.6 is 12.4 Å².